The lowest BCUT2D eigenvalue weighted by Crippen LogP contribution is -2.36. The largest absolute Gasteiger partial charge is 0.508 e. The molecular formula is C17H17NO5. The molecule has 0 fully saturated rings. The highest BCUT2D eigenvalue weighted by atomic mass is 16.5. The van der Waals surface area contributed by atoms with Gasteiger partial charge in [-0.25, -0.2) is 4.79 Å². The van der Waals surface area contributed by atoms with Gasteiger partial charge in [-0.1, -0.05) is 12.1 Å². The molecule has 1 heterocycles. The van der Waals surface area contributed by atoms with Crippen LogP contribution in [-0.2, 0) is 22.6 Å². The molecule has 0 radical (unpaired) electrons. The number of esters is 1. The Morgan fingerprint density at radius 2 is 1.83 bits per heavy atom. The van der Waals surface area contributed by atoms with Crippen LogP contribution in [0.4, 0.5) is 0 Å². The summed E-state index contributed by atoms with van der Waals surface area (Å²) in [6.07, 6.45) is 0.658. The van der Waals surface area contributed by atoms with Crippen molar-refractivity contribution >= 4 is 5.97 Å². The number of fused-ring (bicyclic) bond motifs is 1. The highest BCUT2D eigenvalue weighted by molar-refractivity contribution is 5.79. The molecule has 6 heteroatoms. The van der Waals surface area contributed by atoms with Crippen molar-refractivity contribution in [2.24, 2.45) is 0 Å². The van der Waals surface area contributed by atoms with Crippen molar-refractivity contribution in [2.45, 2.75) is 19.1 Å². The Kier molecular flexibility index (Phi) is 4.08. The van der Waals surface area contributed by atoms with Crippen LogP contribution in [-0.4, -0.2) is 27.8 Å². The van der Waals surface area contributed by atoms with Gasteiger partial charge in [0, 0.05) is 6.54 Å². The fourth-order valence-corrected chi connectivity index (χ4v) is 2.62. The van der Waals surface area contributed by atoms with Crippen LogP contribution >= 0.6 is 0 Å². The standard InChI is InChI=1S/C17H17NO5/c19-12-3-1-10(2-4-12)9-23-17(22)16-13-8-15(21)14(20)7-11(13)5-6-18-16/h1-4,7-8,16,18-21H,5-6,9H2. The number of ether oxygens (including phenoxy) is 1. The molecular weight excluding hydrogens is 298 g/mol. The van der Waals surface area contributed by atoms with E-state index in [1.165, 1.54) is 24.3 Å². The molecule has 0 aliphatic carbocycles. The van der Waals surface area contributed by atoms with Crippen molar-refractivity contribution in [2.75, 3.05) is 6.54 Å². The smallest absolute Gasteiger partial charge is 0.328 e. The van der Waals surface area contributed by atoms with E-state index in [2.05, 4.69) is 5.32 Å². The maximum absolute atomic E-state index is 12.3. The van der Waals surface area contributed by atoms with Gasteiger partial charge in [-0.05, 0) is 47.4 Å². The first-order valence-electron chi connectivity index (χ1n) is 7.27. The molecule has 0 bridgehead atoms. The molecule has 1 aliphatic rings. The summed E-state index contributed by atoms with van der Waals surface area (Å²) in [5.74, 6) is -0.756. The molecule has 1 unspecified atom stereocenters. The molecule has 4 N–H and O–H groups in total. The summed E-state index contributed by atoms with van der Waals surface area (Å²) in [5, 5.41) is 31.5. The molecule has 1 aliphatic heterocycles. The number of carbonyl (C=O) groups excluding carboxylic acids is 1. The Balaban J connectivity index is 1.74. The van der Waals surface area contributed by atoms with E-state index in [1.807, 2.05) is 0 Å². The highest BCUT2D eigenvalue weighted by Gasteiger charge is 2.28. The van der Waals surface area contributed by atoms with Crippen LogP contribution in [0.5, 0.6) is 17.2 Å². The van der Waals surface area contributed by atoms with Crippen molar-refractivity contribution in [3.63, 3.8) is 0 Å². The zero-order chi connectivity index (χ0) is 16.4. The number of phenolic OH excluding ortho intramolecular Hbond substituents is 3. The Hall–Kier alpha value is -2.73. The van der Waals surface area contributed by atoms with Gasteiger partial charge in [-0.3, -0.25) is 0 Å². The molecule has 3 rings (SSSR count). The predicted molar refractivity (Wildman–Crippen MR) is 82.1 cm³/mol. The lowest BCUT2D eigenvalue weighted by atomic mass is 9.93. The SMILES string of the molecule is O=C(OCc1ccc(O)cc1)C1NCCc2cc(O)c(O)cc21. The van der Waals surface area contributed by atoms with Gasteiger partial charge < -0.3 is 25.4 Å². The third-order valence-corrected chi connectivity index (χ3v) is 3.84. The number of aromatic hydroxyl groups is 3. The number of hydrogen-bond acceptors (Lipinski definition) is 6. The second-order valence-corrected chi connectivity index (χ2v) is 5.45. The maximum Gasteiger partial charge on any atom is 0.328 e. The van der Waals surface area contributed by atoms with Crippen molar-refractivity contribution in [3.8, 4) is 17.2 Å². The minimum absolute atomic E-state index is 0.0939. The minimum Gasteiger partial charge on any atom is -0.508 e. The molecule has 1 atom stereocenters. The first-order valence-corrected chi connectivity index (χ1v) is 7.27. The quantitative estimate of drug-likeness (QED) is 0.508. The fourth-order valence-electron chi connectivity index (χ4n) is 2.62. The van der Waals surface area contributed by atoms with Crippen molar-refractivity contribution in [1.82, 2.24) is 5.32 Å². The minimum atomic E-state index is -0.678. The van der Waals surface area contributed by atoms with Gasteiger partial charge in [0.1, 0.15) is 18.4 Å². The van der Waals surface area contributed by atoms with Crippen molar-refractivity contribution < 1.29 is 24.9 Å². The predicted octanol–water partition coefficient (Wildman–Crippen LogP) is 1.73. The molecule has 2 aromatic rings. The molecule has 2 aromatic carbocycles. The number of benzene rings is 2. The third-order valence-electron chi connectivity index (χ3n) is 3.84. The van der Waals surface area contributed by atoms with Gasteiger partial charge in [-0.2, -0.15) is 0 Å². The Bertz CT molecular complexity index is 727. The zero-order valence-electron chi connectivity index (χ0n) is 12.3. The molecule has 6 nitrogen and oxygen atoms in total. The van der Waals surface area contributed by atoms with Gasteiger partial charge >= 0.3 is 5.97 Å². The first-order chi connectivity index (χ1) is 11.0. The lowest BCUT2D eigenvalue weighted by Gasteiger charge is -2.25. The number of carbonyl (C=O) groups is 1. The summed E-state index contributed by atoms with van der Waals surface area (Å²) in [4.78, 5) is 12.3. The Morgan fingerprint density at radius 1 is 1.13 bits per heavy atom. The molecule has 0 amide bonds. The van der Waals surface area contributed by atoms with Crippen LogP contribution in [0.15, 0.2) is 36.4 Å². The summed E-state index contributed by atoms with van der Waals surface area (Å²) < 4.78 is 5.31. The average molecular weight is 315 g/mol. The topological polar surface area (TPSA) is 99.0 Å². The summed E-state index contributed by atoms with van der Waals surface area (Å²) in [7, 11) is 0. The van der Waals surface area contributed by atoms with E-state index in [9.17, 15) is 20.1 Å². The second-order valence-electron chi connectivity index (χ2n) is 5.45. The van der Waals surface area contributed by atoms with Gasteiger partial charge in [0.2, 0.25) is 0 Å². The summed E-state index contributed by atoms with van der Waals surface area (Å²) in [5.41, 5.74) is 2.19. The highest BCUT2D eigenvalue weighted by Crippen LogP contribution is 2.34. The number of rotatable bonds is 3. The number of phenols is 3. The van der Waals surface area contributed by atoms with Crippen LogP contribution < -0.4 is 5.32 Å². The number of hydrogen-bond donors (Lipinski definition) is 4. The molecule has 0 aromatic heterocycles. The second kappa shape index (κ2) is 6.18. The molecule has 0 spiro atoms. The number of nitrogens with one attached hydrogen (secondary N) is 1. The van der Waals surface area contributed by atoms with Gasteiger partial charge in [0.15, 0.2) is 11.5 Å². The fraction of sp³-hybridized carbons (Fsp3) is 0.235. The van der Waals surface area contributed by atoms with Crippen molar-refractivity contribution in [3.05, 3.63) is 53.1 Å². The molecule has 120 valence electrons. The van der Waals surface area contributed by atoms with E-state index >= 15 is 0 Å². The maximum atomic E-state index is 12.3. The van der Waals surface area contributed by atoms with Crippen LogP contribution in [0.25, 0.3) is 0 Å². The monoisotopic (exact) mass is 315 g/mol. The zero-order valence-corrected chi connectivity index (χ0v) is 12.3. The van der Waals surface area contributed by atoms with E-state index in [4.69, 9.17) is 4.74 Å². The van der Waals surface area contributed by atoms with E-state index in [0.29, 0.717) is 18.5 Å². The van der Waals surface area contributed by atoms with Gasteiger partial charge in [0.25, 0.3) is 0 Å². The van der Waals surface area contributed by atoms with E-state index < -0.39 is 12.0 Å². The molecule has 0 saturated heterocycles. The molecule has 23 heavy (non-hydrogen) atoms. The molecule has 0 saturated carbocycles. The van der Waals surface area contributed by atoms with Crippen LogP contribution in [0.1, 0.15) is 22.7 Å². The van der Waals surface area contributed by atoms with Crippen LogP contribution in [0.3, 0.4) is 0 Å². The first kappa shape index (κ1) is 15.2. The van der Waals surface area contributed by atoms with E-state index in [-0.39, 0.29) is 23.9 Å². The van der Waals surface area contributed by atoms with Crippen molar-refractivity contribution in [1.29, 1.82) is 0 Å². The van der Waals surface area contributed by atoms with E-state index in [1.54, 1.807) is 12.1 Å². The van der Waals surface area contributed by atoms with Crippen LogP contribution in [0, 0.1) is 0 Å². The van der Waals surface area contributed by atoms with Gasteiger partial charge in [-0.15, -0.1) is 0 Å². The Morgan fingerprint density at radius 3 is 2.57 bits per heavy atom. The third kappa shape index (κ3) is 3.22. The Labute approximate surface area is 133 Å². The summed E-state index contributed by atoms with van der Waals surface area (Å²) >= 11 is 0. The lowest BCUT2D eigenvalue weighted by molar-refractivity contribution is -0.147. The summed E-state index contributed by atoms with van der Waals surface area (Å²) in [6.45, 7) is 0.673. The van der Waals surface area contributed by atoms with E-state index in [0.717, 1.165) is 11.1 Å². The van der Waals surface area contributed by atoms with Crippen LogP contribution in [0.2, 0.25) is 0 Å². The normalized spacial score (nSPS) is 16.6. The average Bonchev–Trinajstić information content (AvgIpc) is 2.54. The van der Waals surface area contributed by atoms with Gasteiger partial charge in [0.05, 0.1) is 0 Å². The summed E-state index contributed by atoms with van der Waals surface area (Å²) in [6, 6.07) is 8.59.